The van der Waals surface area contributed by atoms with E-state index in [4.69, 9.17) is 0 Å². The van der Waals surface area contributed by atoms with Crippen molar-refractivity contribution in [2.45, 2.75) is 38.4 Å². The highest BCUT2D eigenvalue weighted by Crippen LogP contribution is 2.12. The summed E-state index contributed by atoms with van der Waals surface area (Å²) in [4.78, 5) is 0. The molecule has 1 unspecified atom stereocenters. The third kappa shape index (κ3) is 3.52. The highest BCUT2D eigenvalue weighted by atomic mass is 27.0. The maximum absolute atomic E-state index is 2.30. The Morgan fingerprint density at radius 1 is 1.38 bits per heavy atom. The van der Waals surface area contributed by atoms with Crippen LogP contribution in [0.2, 0.25) is 5.28 Å². The molecule has 1 atom stereocenters. The molecule has 0 amide bonds. The smallest absolute Gasteiger partial charge is 0.0985 e. The van der Waals surface area contributed by atoms with Crippen molar-refractivity contribution in [1.82, 2.24) is 0 Å². The molecule has 0 aliphatic heterocycles. The molecule has 0 heterocycles. The fourth-order valence-corrected chi connectivity index (χ4v) is 2.09. The number of hydrogen-bond acceptors (Lipinski definition) is 0. The topological polar surface area (TPSA) is 0 Å². The maximum atomic E-state index is 2.30. The Hall–Kier alpha value is 0.532. The van der Waals surface area contributed by atoms with Crippen LogP contribution in [0.3, 0.4) is 0 Å². The Labute approximate surface area is 61.1 Å². The highest BCUT2D eigenvalue weighted by molar-refractivity contribution is 6.08. The second-order valence-electron chi connectivity index (χ2n) is 2.47. The van der Waals surface area contributed by atoms with E-state index in [1.165, 1.54) is 40.8 Å². The van der Waals surface area contributed by atoms with Gasteiger partial charge in [0, 0.05) is 0 Å². The van der Waals surface area contributed by atoms with E-state index in [9.17, 15) is 0 Å². The number of hydrogen-bond donors (Lipinski definition) is 0. The van der Waals surface area contributed by atoms with E-state index >= 15 is 0 Å². The zero-order valence-electron chi connectivity index (χ0n) is 6.41. The van der Waals surface area contributed by atoms with Crippen LogP contribution in [0.25, 0.3) is 0 Å². The Morgan fingerprint density at radius 2 is 2.00 bits per heavy atom. The molecule has 0 radical (unpaired) electrons. The van der Waals surface area contributed by atoms with Crippen LogP contribution in [-0.2, 0) is 0 Å². The summed E-state index contributed by atoms with van der Waals surface area (Å²) >= 11 is 1.40. The first-order valence-corrected chi connectivity index (χ1v) is 5.26. The first kappa shape index (κ1) is 8.53. The molecule has 1 heteroatoms. The van der Waals surface area contributed by atoms with Crippen molar-refractivity contribution in [2.24, 2.45) is 5.92 Å². The first-order valence-electron chi connectivity index (χ1n) is 3.85. The van der Waals surface area contributed by atoms with E-state index < -0.39 is 0 Å². The molecule has 0 bridgehead atoms. The minimum Gasteiger partial charge on any atom is -0.0985 e. The van der Waals surface area contributed by atoms with Crippen molar-refractivity contribution in [2.75, 3.05) is 0 Å². The summed E-state index contributed by atoms with van der Waals surface area (Å²) < 4.78 is 0. The van der Waals surface area contributed by atoms with Crippen LogP contribution >= 0.6 is 0 Å². The Morgan fingerprint density at radius 3 is 2.12 bits per heavy atom. The van der Waals surface area contributed by atoms with Crippen molar-refractivity contribution in [1.29, 1.82) is 0 Å². The van der Waals surface area contributed by atoms with Crippen LogP contribution in [-0.4, -0.2) is 16.3 Å². The standard InChI is InChI=1S/C7H15.Al.2H/c1-4-6-7(3)5-2;;;/h7H,3-6H2,1-2H3;;;. The van der Waals surface area contributed by atoms with E-state index in [0.717, 1.165) is 5.92 Å². The average molecular weight is 128 g/mol. The van der Waals surface area contributed by atoms with E-state index in [0.29, 0.717) is 0 Å². The molecule has 0 aromatic heterocycles. The normalized spacial score (nSPS) is 13.8. The second-order valence-corrected chi connectivity index (χ2v) is 3.29. The summed E-state index contributed by atoms with van der Waals surface area (Å²) in [6.07, 6.45) is 4.23. The predicted molar refractivity (Wildman–Crippen MR) is 42.0 cm³/mol. The molecule has 0 aliphatic rings. The first-order chi connectivity index (χ1) is 3.85. The molecule has 0 aromatic carbocycles. The molecule has 0 nitrogen and oxygen atoms in total. The van der Waals surface area contributed by atoms with Crippen molar-refractivity contribution in [3.8, 4) is 0 Å². The van der Waals surface area contributed by atoms with Gasteiger partial charge in [-0.1, -0.05) is 44.3 Å². The lowest BCUT2D eigenvalue weighted by Crippen LogP contribution is -1.95. The SMILES string of the molecule is CCCC(CC)[CH2][AlH2]. The van der Waals surface area contributed by atoms with Gasteiger partial charge in [0.05, 0.1) is 0 Å². The summed E-state index contributed by atoms with van der Waals surface area (Å²) in [5.41, 5.74) is 0. The molecule has 0 spiro atoms. The Bertz CT molecular complexity index is 39.7. The lowest BCUT2D eigenvalue weighted by atomic mass is 10.0. The van der Waals surface area contributed by atoms with Gasteiger partial charge in [0.25, 0.3) is 0 Å². The monoisotopic (exact) mass is 128 g/mol. The molecule has 0 saturated carbocycles. The van der Waals surface area contributed by atoms with Crippen LogP contribution in [0, 0.1) is 5.92 Å². The zero-order chi connectivity index (χ0) is 6.41. The van der Waals surface area contributed by atoms with Gasteiger partial charge in [-0.05, 0) is 0 Å². The van der Waals surface area contributed by atoms with E-state index in [2.05, 4.69) is 13.8 Å². The average Bonchev–Trinajstić information content (AvgIpc) is 1.83. The van der Waals surface area contributed by atoms with Gasteiger partial charge in [-0.25, -0.2) is 0 Å². The molecule has 0 fully saturated rings. The van der Waals surface area contributed by atoms with E-state index in [-0.39, 0.29) is 0 Å². The molecule has 8 heavy (non-hydrogen) atoms. The molecular formula is C7H17Al. The van der Waals surface area contributed by atoms with Gasteiger partial charge in [0.1, 0.15) is 0 Å². The number of rotatable bonds is 4. The molecule has 0 aliphatic carbocycles. The van der Waals surface area contributed by atoms with E-state index in [1.54, 1.807) is 0 Å². The van der Waals surface area contributed by atoms with Crippen LogP contribution in [0.1, 0.15) is 33.1 Å². The van der Waals surface area contributed by atoms with Gasteiger partial charge in [-0.2, -0.15) is 0 Å². The van der Waals surface area contributed by atoms with Gasteiger partial charge in [-0.15, -0.1) is 0 Å². The van der Waals surface area contributed by atoms with E-state index in [1.807, 2.05) is 0 Å². The lowest BCUT2D eigenvalue weighted by Gasteiger charge is -2.08. The maximum Gasteiger partial charge on any atom is 0.212 e. The Kier molecular flexibility index (Phi) is 6.04. The molecule has 0 saturated heterocycles. The third-order valence-corrected chi connectivity index (χ3v) is 3.01. The fourth-order valence-electron chi connectivity index (χ4n) is 1.11. The van der Waals surface area contributed by atoms with Gasteiger partial charge < -0.3 is 0 Å². The molecule has 0 aromatic rings. The highest BCUT2D eigenvalue weighted by Gasteiger charge is 1.98. The van der Waals surface area contributed by atoms with Gasteiger partial charge in [0.2, 0.25) is 16.3 Å². The van der Waals surface area contributed by atoms with Crippen molar-refractivity contribution < 1.29 is 0 Å². The summed E-state index contributed by atoms with van der Waals surface area (Å²) in [5.74, 6) is 1.06. The molecule has 48 valence electrons. The van der Waals surface area contributed by atoms with Crippen LogP contribution in [0.15, 0.2) is 0 Å². The van der Waals surface area contributed by atoms with Gasteiger partial charge >= 0.3 is 0 Å². The summed E-state index contributed by atoms with van der Waals surface area (Å²) in [7, 11) is 0. The van der Waals surface area contributed by atoms with Crippen molar-refractivity contribution in [3.63, 3.8) is 0 Å². The van der Waals surface area contributed by atoms with Crippen LogP contribution in [0.4, 0.5) is 0 Å². The summed E-state index contributed by atoms with van der Waals surface area (Å²) in [5, 5.41) is 1.50. The molecule has 0 rings (SSSR count). The second kappa shape index (κ2) is 5.67. The minimum atomic E-state index is 1.06. The lowest BCUT2D eigenvalue weighted by molar-refractivity contribution is 0.509. The predicted octanol–water partition coefficient (Wildman–Crippen LogP) is 1.86. The fraction of sp³-hybridized carbons (Fsp3) is 1.00. The summed E-state index contributed by atoms with van der Waals surface area (Å²) in [6.45, 7) is 4.58. The van der Waals surface area contributed by atoms with Crippen molar-refractivity contribution >= 4 is 16.3 Å². The van der Waals surface area contributed by atoms with Crippen molar-refractivity contribution in [3.05, 3.63) is 0 Å². The largest absolute Gasteiger partial charge is 0.212 e. The van der Waals surface area contributed by atoms with Gasteiger partial charge in [0.15, 0.2) is 0 Å². The van der Waals surface area contributed by atoms with Crippen LogP contribution < -0.4 is 0 Å². The van der Waals surface area contributed by atoms with Gasteiger partial charge in [-0.3, -0.25) is 0 Å². The quantitative estimate of drug-likeness (QED) is 0.507. The third-order valence-electron chi connectivity index (χ3n) is 1.85. The zero-order valence-corrected chi connectivity index (χ0v) is 8.41. The Balaban J connectivity index is 3.07. The minimum absolute atomic E-state index is 1.06. The summed E-state index contributed by atoms with van der Waals surface area (Å²) in [6, 6.07) is 0. The van der Waals surface area contributed by atoms with Crippen LogP contribution in [0.5, 0.6) is 0 Å². The molecular weight excluding hydrogens is 111 g/mol. The molecule has 0 N–H and O–H groups in total.